The Bertz CT molecular complexity index is 186. The monoisotopic (exact) mass is 156 g/mol. The largest absolute Gasteiger partial charge is 0.466 e. The Kier molecular flexibility index (Phi) is 2.27. The lowest BCUT2D eigenvalue weighted by atomic mass is 10.2. The van der Waals surface area contributed by atoms with Gasteiger partial charge < -0.3 is 4.74 Å². The minimum absolute atomic E-state index is 0.0472. The Balaban J connectivity index is 2.32. The molecule has 0 aliphatic heterocycles. The van der Waals surface area contributed by atoms with Crippen molar-refractivity contribution in [3.05, 3.63) is 0 Å². The maximum absolute atomic E-state index is 10.9. The van der Waals surface area contributed by atoms with Gasteiger partial charge in [-0.1, -0.05) is 0 Å². The highest BCUT2D eigenvalue weighted by atomic mass is 16.5. The summed E-state index contributed by atoms with van der Waals surface area (Å²) >= 11 is 0. The Hall–Kier alpha value is -0.860. The van der Waals surface area contributed by atoms with Gasteiger partial charge in [0.2, 0.25) is 0 Å². The molecular weight excluding hydrogens is 144 g/mol. The van der Waals surface area contributed by atoms with E-state index in [-0.39, 0.29) is 23.6 Å². The van der Waals surface area contributed by atoms with E-state index in [1.54, 1.807) is 6.92 Å². The van der Waals surface area contributed by atoms with Gasteiger partial charge in [-0.2, -0.15) is 0 Å². The molecule has 0 heterocycles. The lowest BCUT2D eigenvalue weighted by Gasteiger charge is -1.97. The molecule has 2 atom stereocenters. The summed E-state index contributed by atoms with van der Waals surface area (Å²) in [5.41, 5.74) is 0. The number of carbonyl (C=O) groups excluding carboxylic acids is 2. The van der Waals surface area contributed by atoms with Gasteiger partial charge in [0.1, 0.15) is 5.78 Å². The number of esters is 1. The molecule has 0 spiro atoms. The quantitative estimate of drug-likeness (QED) is 0.567. The van der Waals surface area contributed by atoms with Gasteiger partial charge in [-0.15, -0.1) is 0 Å². The summed E-state index contributed by atoms with van der Waals surface area (Å²) in [5.74, 6) is -0.294. The van der Waals surface area contributed by atoms with Crippen molar-refractivity contribution in [1.29, 1.82) is 0 Å². The van der Waals surface area contributed by atoms with Crippen LogP contribution < -0.4 is 0 Å². The van der Waals surface area contributed by atoms with Crippen molar-refractivity contribution < 1.29 is 14.3 Å². The van der Waals surface area contributed by atoms with Crippen molar-refractivity contribution in [3.63, 3.8) is 0 Å². The molecule has 0 aromatic heterocycles. The molecule has 3 nitrogen and oxygen atoms in total. The first-order chi connectivity index (χ1) is 5.16. The fourth-order valence-electron chi connectivity index (χ4n) is 1.15. The van der Waals surface area contributed by atoms with Gasteiger partial charge in [0, 0.05) is 5.92 Å². The van der Waals surface area contributed by atoms with E-state index in [0.29, 0.717) is 13.0 Å². The number of ether oxygens (including phenoxy) is 1. The molecule has 11 heavy (non-hydrogen) atoms. The summed E-state index contributed by atoms with van der Waals surface area (Å²) in [4.78, 5) is 21.7. The van der Waals surface area contributed by atoms with Crippen LogP contribution in [0.1, 0.15) is 20.3 Å². The van der Waals surface area contributed by atoms with Crippen LogP contribution in [0.3, 0.4) is 0 Å². The van der Waals surface area contributed by atoms with E-state index in [1.165, 1.54) is 6.92 Å². The van der Waals surface area contributed by atoms with E-state index in [0.717, 1.165) is 0 Å². The molecule has 0 saturated heterocycles. The first-order valence-electron chi connectivity index (χ1n) is 3.84. The highest BCUT2D eigenvalue weighted by Gasteiger charge is 2.47. The summed E-state index contributed by atoms with van der Waals surface area (Å²) in [7, 11) is 0. The van der Waals surface area contributed by atoms with E-state index >= 15 is 0 Å². The zero-order chi connectivity index (χ0) is 8.43. The predicted molar refractivity (Wildman–Crippen MR) is 38.9 cm³/mol. The van der Waals surface area contributed by atoms with Crippen molar-refractivity contribution in [2.75, 3.05) is 6.61 Å². The second-order valence-corrected chi connectivity index (χ2v) is 2.81. The minimum atomic E-state index is -0.215. The smallest absolute Gasteiger partial charge is 0.309 e. The van der Waals surface area contributed by atoms with Gasteiger partial charge in [0.15, 0.2) is 0 Å². The molecule has 1 aliphatic rings. The summed E-state index contributed by atoms with van der Waals surface area (Å²) in [6.07, 6.45) is 0.689. The van der Waals surface area contributed by atoms with Crippen LogP contribution >= 0.6 is 0 Å². The SMILES string of the molecule is CCOC(=O)[C@H]1C[C@H]1C(C)=O. The van der Waals surface area contributed by atoms with Crippen molar-refractivity contribution >= 4 is 11.8 Å². The lowest BCUT2D eigenvalue weighted by molar-refractivity contribution is -0.145. The third kappa shape index (κ3) is 1.79. The summed E-state index contributed by atoms with van der Waals surface area (Å²) in [6.45, 7) is 3.69. The Morgan fingerprint density at radius 3 is 2.45 bits per heavy atom. The molecule has 1 rings (SSSR count). The average Bonchev–Trinajstić information content (AvgIpc) is 2.65. The van der Waals surface area contributed by atoms with Crippen molar-refractivity contribution in [2.24, 2.45) is 11.8 Å². The third-order valence-corrected chi connectivity index (χ3v) is 1.90. The number of ketones is 1. The van der Waals surface area contributed by atoms with E-state index in [2.05, 4.69) is 0 Å². The van der Waals surface area contributed by atoms with Crippen LogP contribution in [0.2, 0.25) is 0 Å². The normalized spacial score (nSPS) is 27.8. The summed E-state index contributed by atoms with van der Waals surface area (Å²) in [6, 6.07) is 0. The van der Waals surface area contributed by atoms with E-state index in [4.69, 9.17) is 4.74 Å². The maximum Gasteiger partial charge on any atom is 0.309 e. The Labute approximate surface area is 65.7 Å². The number of carbonyl (C=O) groups is 2. The van der Waals surface area contributed by atoms with Crippen LogP contribution in [-0.4, -0.2) is 18.4 Å². The minimum Gasteiger partial charge on any atom is -0.466 e. The van der Waals surface area contributed by atoms with E-state index in [9.17, 15) is 9.59 Å². The Morgan fingerprint density at radius 2 is 2.09 bits per heavy atom. The maximum atomic E-state index is 10.9. The second kappa shape index (κ2) is 3.03. The molecule has 0 radical (unpaired) electrons. The highest BCUT2D eigenvalue weighted by Crippen LogP contribution is 2.39. The van der Waals surface area contributed by atoms with Gasteiger partial charge in [-0.05, 0) is 20.3 Å². The van der Waals surface area contributed by atoms with Crippen LogP contribution in [0.5, 0.6) is 0 Å². The molecule has 0 bridgehead atoms. The van der Waals surface area contributed by atoms with Crippen LogP contribution in [0, 0.1) is 11.8 Å². The fourth-order valence-corrected chi connectivity index (χ4v) is 1.15. The number of hydrogen-bond acceptors (Lipinski definition) is 3. The van der Waals surface area contributed by atoms with E-state index < -0.39 is 0 Å². The topological polar surface area (TPSA) is 43.4 Å². The third-order valence-electron chi connectivity index (χ3n) is 1.90. The summed E-state index contributed by atoms with van der Waals surface area (Å²) in [5, 5.41) is 0. The summed E-state index contributed by atoms with van der Waals surface area (Å²) < 4.78 is 4.76. The molecule has 0 N–H and O–H groups in total. The fraction of sp³-hybridized carbons (Fsp3) is 0.750. The Morgan fingerprint density at radius 1 is 1.45 bits per heavy atom. The van der Waals surface area contributed by atoms with Crippen molar-refractivity contribution in [3.8, 4) is 0 Å². The number of Topliss-reactive ketones (excluding diaryl/α,β-unsaturated/α-hetero) is 1. The van der Waals surface area contributed by atoms with Crippen molar-refractivity contribution in [2.45, 2.75) is 20.3 Å². The lowest BCUT2D eigenvalue weighted by Crippen LogP contribution is -2.09. The average molecular weight is 156 g/mol. The van der Waals surface area contributed by atoms with Gasteiger partial charge in [-0.25, -0.2) is 0 Å². The molecule has 1 saturated carbocycles. The predicted octanol–water partition coefficient (Wildman–Crippen LogP) is 0.775. The van der Waals surface area contributed by atoms with Crippen LogP contribution in [0.4, 0.5) is 0 Å². The molecule has 0 amide bonds. The van der Waals surface area contributed by atoms with E-state index in [1.807, 2.05) is 0 Å². The number of rotatable bonds is 3. The zero-order valence-electron chi connectivity index (χ0n) is 6.79. The highest BCUT2D eigenvalue weighted by molar-refractivity contribution is 5.89. The van der Waals surface area contributed by atoms with Gasteiger partial charge in [0.05, 0.1) is 12.5 Å². The standard InChI is InChI=1S/C8H12O3/c1-3-11-8(10)7-4-6(7)5(2)9/h6-7H,3-4H2,1-2H3/t6-,7-/m0/s1. The molecule has 62 valence electrons. The first kappa shape index (κ1) is 8.24. The molecule has 3 heteroatoms. The second-order valence-electron chi connectivity index (χ2n) is 2.81. The molecule has 0 aromatic rings. The van der Waals surface area contributed by atoms with Crippen LogP contribution in [0.15, 0.2) is 0 Å². The zero-order valence-corrected chi connectivity index (χ0v) is 6.79. The van der Waals surface area contributed by atoms with Gasteiger partial charge in [0.25, 0.3) is 0 Å². The number of hydrogen-bond donors (Lipinski definition) is 0. The molecule has 1 fully saturated rings. The first-order valence-corrected chi connectivity index (χ1v) is 3.84. The molecular formula is C8H12O3. The van der Waals surface area contributed by atoms with Crippen molar-refractivity contribution in [1.82, 2.24) is 0 Å². The molecule has 0 unspecified atom stereocenters. The van der Waals surface area contributed by atoms with Crippen LogP contribution in [-0.2, 0) is 14.3 Å². The molecule has 1 aliphatic carbocycles. The van der Waals surface area contributed by atoms with Gasteiger partial charge in [-0.3, -0.25) is 9.59 Å². The van der Waals surface area contributed by atoms with Crippen LogP contribution in [0.25, 0.3) is 0 Å². The van der Waals surface area contributed by atoms with Gasteiger partial charge >= 0.3 is 5.97 Å². The molecule has 0 aromatic carbocycles.